The van der Waals surface area contributed by atoms with E-state index < -0.39 is 0 Å². The number of carbonyl (C=O) groups is 1. The van der Waals surface area contributed by atoms with Gasteiger partial charge in [-0.2, -0.15) is 0 Å². The summed E-state index contributed by atoms with van der Waals surface area (Å²) in [4.78, 5) is 11.3. The fourth-order valence-corrected chi connectivity index (χ4v) is 0.904. The highest BCUT2D eigenvalue weighted by Gasteiger charge is 1.97. The van der Waals surface area contributed by atoms with Crippen LogP contribution in [0.3, 0.4) is 0 Å². The van der Waals surface area contributed by atoms with Crippen molar-refractivity contribution in [3.63, 3.8) is 0 Å². The molecule has 1 aromatic carbocycles. The minimum absolute atomic E-state index is 0.0169. The quantitative estimate of drug-likeness (QED) is 0.399. The number of carbonyl (C=O) groups excluding carboxylic acids is 1. The lowest BCUT2D eigenvalue weighted by Crippen LogP contribution is -1.92. The SMILES string of the molecule is O=C(C=CC=S)c1ccccc1. The van der Waals surface area contributed by atoms with E-state index in [0.29, 0.717) is 5.56 Å². The van der Waals surface area contributed by atoms with Gasteiger partial charge in [-0.05, 0) is 12.2 Å². The summed E-state index contributed by atoms with van der Waals surface area (Å²) >= 11 is 4.56. The Labute approximate surface area is 76.7 Å². The first kappa shape index (κ1) is 8.81. The van der Waals surface area contributed by atoms with E-state index in [4.69, 9.17) is 0 Å². The largest absolute Gasteiger partial charge is 0.289 e. The molecule has 60 valence electrons. The van der Waals surface area contributed by atoms with E-state index in [-0.39, 0.29) is 5.78 Å². The minimum Gasteiger partial charge on any atom is -0.289 e. The number of thiocarbonyl (C=S) groups is 1. The molecule has 0 aliphatic rings. The highest BCUT2D eigenvalue weighted by molar-refractivity contribution is 7.79. The lowest BCUT2D eigenvalue weighted by Gasteiger charge is -1.91. The maximum absolute atomic E-state index is 11.3. The second-order valence-corrected chi connectivity index (χ2v) is 2.50. The van der Waals surface area contributed by atoms with Crippen LogP contribution in [0.1, 0.15) is 10.4 Å². The van der Waals surface area contributed by atoms with Crippen LogP contribution in [0, 0.1) is 0 Å². The summed E-state index contributed by atoms with van der Waals surface area (Å²) in [7, 11) is 0. The molecule has 12 heavy (non-hydrogen) atoms. The average molecular weight is 176 g/mol. The number of hydrogen-bond acceptors (Lipinski definition) is 2. The third kappa shape index (κ3) is 2.40. The predicted octanol–water partition coefficient (Wildman–Crippen LogP) is 2.43. The lowest BCUT2D eigenvalue weighted by molar-refractivity contribution is 0.104. The molecule has 0 aromatic heterocycles. The molecular weight excluding hydrogens is 168 g/mol. The van der Waals surface area contributed by atoms with Gasteiger partial charge in [0.2, 0.25) is 0 Å². The van der Waals surface area contributed by atoms with Crippen molar-refractivity contribution in [2.45, 2.75) is 0 Å². The minimum atomic E-state index is -0.0169. The predicted molar refractivity (Wildman–Crippen MR) is 53.6 cm³/mol. The molecule has 0 unspecified atom stereocenters. The van der Waals surface area contributed by atoms with Crippen molar-refractivity contribution in [3.05, 3.63) is 48.0 Å². The number of hydrogen-bond donors (Lipinski definition) is 0. The molecule has 0 heterocycles. The highest BCUT2D eigenvalue weighted by Crippen LogP contribution is 1.99. The molecule has 0 bridgehead atoms. The van der Waals surface area contributed by atoms with Crippen molar-refractivity contribution in [1.82, 2.24) is 0 Å². The molecule has 0 N–H and O–H groups in total. The van der Waals surface area contributed by atoms with E-state index in [0.717, 1.165) is 0 Å². The van der Waals surface area contributed by atoms with Gasteiger partial charge in [0.05, 0.1) is 0 Å². The first-order valence-electron chi connectivity index (χ1n) is 3.56. The molecule has 0 radical (unpaired) electrons. The number of rotatable bonds is 3. The van der Waals surface area contributed by atoms with Gasteiger partial charge in [-0.3, -0.25) is 4.79 Å². The van der Waals surface area contributed by atoms with E-state index in [1.165, 1.54) is 11.4 Å². The monoisotopic (exact) mass is 176 g/mol. The zero-order chi connectivity index (χ0) is 8.81. The van der Waals surface area contributed by atoms with Crippen LogP contribution < -0.4 is 0 Å². The number of ketones is 1. The van der Waals surface area contributed by atoms with Crippen LogP contribution in [-0.4, -0.2) is 11.2 Å². The molecule has 2 heteroatoms. The van der Waals surface area contributed by atoms with E-state index in [2.05, 4.69) is 12.2 Å². The summed E-state index contributed by atoms with van der Waals surface area (Å²) in [6.07, 6.45) is 3.02. The van der Waals surface area contributed by atoms with Crippen molar-refractivity contribution in [2.24, 2.45) is 0 Å². The zero-order valence-corrected chi connectivity index (χ0v) is 7.25. The summed E-state index contributed by atoms with van der Waals surface area (Å²) in [5.74, 6) is -0.0169. The van der Waals surface area contributed by atoms with Crippen LogP contribution in [0.2, 0.25) is 0 Å². The van der Waals surface area contributed by atoms with Crippen LogP contribution in [0.25, 0.3) is 0 Å². The van der Waals surface area contributed by atoms with Gasteiger partial charge in [0.1, 0.15) is 0 Å². The third-order valence-electron chi connectivity index (χ3n) is 1.38. The topological polar surface area (TPSA) is 17.1 Å². The first-order valence-corrected chi connectivity index (χ1v) is 4.03. The number of allylic oxidation sites excluding steroid dienone is 2. The summed E-state index contributed by atoms with van der Waals surface area (Å²) < 4.78 is 0. The Morgan fingerprint density at radius 1 is 1.25 bits per heavy atom. The Bertz CT molecular complexity index is 301. The molecule has 1 aromatic rings. The fourth-order valence-electron chi connectivity index (χ4n) is 0.825. The van der Waals surface area contributed by atoms with Crippen molar-refractivity contribution in [3.8, 4) is 0 Å². The van der Waals surface area contributed by atoms with E-state index in [1.54, 1.807) is 18.2 Å². The molecule has 0 aliphatic carbocycles. The van der Waals surface area contributed by atoms with Crippen LogP contribution in [0.15, 0.2) is 42.5 Å². The van der Waals surface area contributed by atoms with Gasteiger partial charge in [-0.15, -0.1) is 0 Å². The Kier molecular flexibility index (Phi) is 3.35. The average Bonchev–Trinajstić information content (AvgIpc) is 2.15. The smallest absolute Gasteiger partial charge is 0.185 e. The van der Waals surface area contributed by atoms with Gasteiger partial charge in [0.25, 0.3) is 0 Å². The maximum Gasteiger partial charge on any atom is 0.185 e. The fraction of sp³-hybridized carbons (Fsp3) is 0. The maximum atomic E-state index is 11.3. The van der Waals surface area contributed by atoms with Crippen molar-refractivity contribution >= 4 is 23.4 Å². The lowest BCUT2D eigenvalue weighted by atomic mass is 10.1. The molecule has 0 spiro atoms. The zero-order valence-electron chi connectivity index (χ0n) is 6.44. The van der Waals surface area contributed by atoms with Gasteiger partial charge in [-0.25, -0.2) is 0 Å². The molecule has 0 saturated carbocycles. The van der Waals surface area contributed by atoms with Gasteiger partial charge < -0.3 is 0 Å². The van der Waals surface area contributed by atoms with E-state index >= 15 is 0 Å². The number of benzene rings is 1. The standard InChI is InChI=1S/C10H8OS/c11-10(7-4-8-12)9-5-2-1-3-6-9/h1-8H. The highest BCUT2D eigenvalue weighted by atomic mass is 32.1. The van der Waals surface area contributed by atoms with E-state index in [9.17, 15) is 4.79 Å². The molecule has 0 amide bonds. The molecule has 1 rings (SSSR count). The van der Waals surface area contributed by atoms with Crippen molar-refractivity contribution in [1.29, 1.82) is 0 Å². The molecular formula is C10H8OS. The van der Waals surface area contributed by atoms with Gasteiger partial charge >= 0.3 is 0 Å². The second kappa shape index (κ2) is 4.57. The van der Waals surface area contributed by atoms with Gasteiger partial charge in [0, 0.05) is 10.9 Å². The summed E-state index contributed by atoms with van der Waals surface area (Å²) in [6.45, 7) is 0. The van der Waals surface area contributed by atoms with Crippen molar-refractivity contribution < 1.29 is 4.79 Å². The van der Waals surface area contributed by atoms with E-state index in [1.807, 2.05) is 18.2 Å². The van der Waals surface area contributed by atoms with Crippen molar-refractivity contribution in [2.75, 3.05) is 0 Å². The summed E-state index contributed by atoms with van der Waals surface area (Å²) in [5, 5.41) is 1.42. The molecule has 1 nitrogen and oxygen atoms in total. The van der Waals surface area contributed by atoms with Gasteiger partial charge in [0.15, 0.2) is 5.78 Å². The Morgan fingerprint density at radius 3 is 2.50 bits per heavy atom. The van der Waals surface area contributed by atoms with Crippen LogP contribution in [-0.2, 0) is 0 Å². The van der Waals surface area contributed by atoms with Crippen LogP contribution >= 0.6 is 12.2 Å². The third-order valence-corrected chi connectivity index (χ3v) is 1.54. The molecule has 0 aliphatic heterocycles. The van der Waals surface area contributed by atoms with Crippen LogP contribution in [0.4, 0.5) is 0 Å². The molecule has 0 fully saturated rings. The Morgan fingerprint density at radius 2 is 1.92 bits per heavy atom. The first-order chi connectivity index (χ1) is 5.84. The summed E-state index contributed by atoms with van der Waals surface area (Å²) in [5.41, 5.74) is 0.686. The Hall–Kier alpha value is -1.28. The molecule has 0 atom stereocenters. The van der Waals surface area contributed by atoms with Crippen LogP contribution in [0.5, 0.6) is 0 Å². The second-order valence-electron chi connectivity index (χ2n) is 2.23. The normalized spacial score (nSPS) is 10.0. The molecule has 0 saturated heterocycles. The van der Waals surface area contributed by atoms with Gasteiger partial charge in [-0.1, -0.05) is 42.5 Å². The summed E-state index contributed by atoms with van der Waals surface area (Å²) in [6, 6.07) is 9.09. The Balaban J connectivity index is 2.79.